The number of nitriles is 1. The molecule has 7 heteroatoms. The fourth-order valence-electron chi connectivity index (χ4n) is 3.89. The second-order valence-corrected chi connectivity index (χ2v) is 6.96. The minimum absolute atomic E-state index is 0.0640. The second-order valence-electron chi connectivity index (χ2n) is 6.96. The Morgan fingerprint density at radius 2 is 1.90 bits per heavy atom. The van der Waals surface area contributed by atoms with Gasteiger partial charge in [0.25, 0.3) is 0 Å². The van der Waals surface area contributed by atoms with E-state index < -0.39 is 5.92 Å². The summed E-state index contributed by atoms with van der Waals surface area (Å²) in [6.07, 6.45) is 0. The molecule has 2 N–H and O–H groups in total. The van der Waals surface area contributed by atoms with E-state index in [0.717, 1.165) is 22.4 Å². The lowest BCUT2D eigenvalue weighted by Crippen LogP contribution is -2.22. The van der Waals surface area contributed by atoms with Crippen molar-refractivity contribution in [1.82, 2.24) is 9.78 Å². The molecule has 0 fully saturated rings. The number of benzene rings is 2. The van der Waals surface area contributed by atoms with Gasteiger partial charge in [0.1, 0.15) is 11.6 Å². The lowest BCUT2D eigenvalue weighted by molar-refractivity contribution is 0.342. The predicted octanol–water partition coefficient (Wildman–Crippen LogP) is 3.48. The van der Waals surface area contributed by atoms with Crippen molar-refractivity contribution in [2.45, 2.75) is 19.4 Å². The van der Waals surface area contributed by atoms with Crippen LogP contribution < -0.4 is 19.9 Å². The number of nitrogens with zero attached hydrogens (tertiary/aromatic N) is 3. The van der Waals surface area contributed by atoms with E-state index in [4.69, 9.17) is 25.0 Å². The Morgan fingerprint density at radius 3 is 2.57 bits per heavy atom. The molecule has 0 bridgehead atoms. The third-order valence-corrected chi connectivity index (χ3v) is 5.21. The Labute approximate surface area is 174 Å². The van der Waals surface area contributed by atoms with E-state index in [2.05, 4.69) is 6.07 Å². The highest BCUT2D eigenvalue weighted by atomic mass is 16.5. The van der Waals surface area contributed by atoms with Crippen molar-refractivity contribution in [2.24, 2.45) is 5.73 Å². The lowest BCUT2D eigenvalue weighted by atomic mass is 9.83. The van der Waals surface area contributed by atoms with Crippen LogP contribution in [-0.2, 0) is 6.54 Å². The number of para-hydroxylation sites is 1. The van der Waals surface area contributed by atoms with Gasteiger partial charge in [-0.05, 0) is 18.6 Å². The van der Waals surface area contributed by atoms with Crippen molar-refractivity contribution < 1.29 is 14.2 Å². The van der Waals surface area contributed by atoms with Crippen LogP contribution in [0.2, 0.25) is 0 Å². The quantitative estimate of drug-likeness (QED) is 0.702. The van der Waals surface area contributed by atoms with Gasteiger partial charge in [-0.25, -0.2) is 4.68 Å². The molecule has 1 atom stereocenters. The summed E-state index contributed by atoms with van der Waals surface area (Å²) in [5.74, 6) is 1.24. The average molecular weight is 402 g/mol. The number of nitrogens with two attached hydrogens (primary N) is 1. The van der Waals surface area contributed by atoms with E-state index in [1.54, 1.807) is 18.9 Å². The maximum absolute atomic E-state index is 9.87. The molecule has 1 aliphatic heterocycles. The molecule has 2 heterocycles. The maximum atomic E-state index is 9.87. The Bertz CT molecular complexity index is 1160. The first-order valence-corrected chi connectivity index (χ1v) is 9.48. The molecule has 0 saturated heterocycles. The Morgan fingerprint density at radius 1 is 1.13 bits per heavy atom. The van der Waals surface area contributed by atoms with Crippen molar-refractivity contribution in [2.75, 3.05) is 14.2 Å². The van der Waals surface area contributed by atoms with E-state index in [1.165, 1.54) is 0 Å². The van der Waals surface area contributed by atoms with Crippen molar-refractivity contribution >= 4 is 0 Å². The van der Waals surface area contributed by atoms with Crippen LogP contribution in [0.3, 0.4) is 0 Å². The summed E-state index contributed by atoms with van der Waals surface area (Å²) >= 11 is 0. The summed E-state index contributed by atoms with van der Waals surface area (Å²) in [6, 6.07) is 17.8. The van der Waals surface area contributed by atoms with Crippen LogP contribution in [0.1, 0.15) is 28.3 Å². The van der Waals surface area contributed by atoms with Crippen LogP contribution in [0, 0.1) is 18.3 Å². The topological polar surface area (TPSA) is 95.3 Å². The van der Waals surface area contributed by atoms with E-state index in [9.17, 15) is 5.26 Å². The number of rotatable bonds is 5. The number of methoxy groups -OCH3 is 2. The van der Waals surface area contributed by atoms with Crippen molar-refractivity contribution in [3.05, 3.63) is 82.4 Å². The number of fused-ring (bicyclic) bond motifs is 1. The zero-order valence-electron chi connectivity index (χ0n) is 17.0. The number of allylic oxidation sites excluding steroid dienone is 1. The molecule has 152 valence electrons. The van der Waals surface area contributed by atoms with Gasteiger partial charge in [-0.2, -0.15) is 10.4 Å². The third kappa shape index (κ3) is 3.12. The van der Waals surface area contributed by atoms with E-state index >= 15 is 0 Å². The van der Waals surface area contributed by atoms with Gasteiger partial charge in [0.2, 0.25) is 11.8 Å². The zero-order chi connectivity index (χ0) is 21.3. The number of aromatic nitrogens is 2. The van der Waals surface area contributed by atoms with Crippen LogP contribution in [0.25, 0.3) is 0 Å². The minimum atomic E-state index is -0.478. The van der Waals surface area contributed by atoms with Gasteiger partial charge in [0, 0.05) is 5.56 Å². The van der Waals surface area contributed by atoms with Gasteiger partial charge in [0.05, 0.1) is 37.9 Å². The largest absolute Gasteiger partial charge is 0.493 e. The normalized spacial score (nSPS) is 15.2. The molecule has 0 unspecified atom stereocenters. The van der Waals surface area contributed by atoms with Gasteiger partial charge < -0.3 is 19.9 Å². The van der Waals surface area contributed by atoms with E-state index in [-0.39, 0.29) is 5.88 Å². The molecule has 0 spiro atoms. The molecule has 3 aromatic rings. The van der Waals surface area contributed by atoms with Crippen molar-refractivity contribution in [1.29, 1.82) is 5.26 Å². The summed E-state index contributed by atoms with van der Waals surface area (Å²) < 4.78 is 18.8. The van der Waals surface area contributed by atoms with Crippen LogP contribution >= 0.6 is 0 Å². The van der Waals surface area contributed by atoms with Crippen molar-refractivity contribution in [3.8, 4) is 23.4 Å². The van der Waals surface area contributed by atoms with E-state index in [1.807, 2.05) is 55.5 Å². The first-order chi connectivity index (χ1) is 14.6. The minimum Gasteiger partial charge on any atom is -0.493 e. The van der Waals surface area contributed by atoms with Gasteiger partial charge in [-0.1, -0.05) is 42.5 Å². The van der Waals surface area contributed by atoms with Gasteiger partial charge in [-0.15, -0.1) is 0 Å². The standard InChI is InChI=1S/C23H22N4O3/c1-14-19-20(16-10-7-11-18(28-2)21(16)29-3)17(12-24)22(25)30-23(19)27(26-14)13-15-8-5-4-6-9-15/h4-11,20H,13,25H2,1-3H3/t20-/m1/s1. The molecule has 1 aromatic heterocycles. The first-order valence-electron chi connectivity index (χ1n) is 9.48. The van der Waals surface area contributed by atoms with E-state index in [0.29, 0.717) is 29.5 Å². The molecule has 4 rings (SSSR count). The van der Waals surface area contributed by atoms with Gasteiger partial charge >= 0.3 is 0 Å². The average Bonchev–Trinajstić information content (AvgIpc) is 3.07. The number of hydrogen-bond donors (Lipinski definition) is 1. The smallest absolute Gasteiger partial charge is 0.224 e. The Balaban J connectivity index is 1.91. The summed E-state index contributed by atoms with van der Waals surface area (Å²) in [6.45, 7) is 2.42. The molecular formula is C23H22N4O3. The predicted molar refractivity (Wildman–Crippen MR) is 111 cm³/mol. The highest BCUT2D eigenvalue weighted by Gasteiger charge is 2.37. The highest BCUT2D eigenvalue weighted by molar-refractivity contribution is 5.61. The fraction of sp³-hybridized carbons (Fsp3) is 0.217. The zero-order valence-corrected chi connectivity index (χ0v) is 17.0. The summed E-state index contributed by atoms with van der Waals surface area (Å²) in [5.41, 5.74) is 9.90. The van der Waals surface area contributed by atoms with Gasteiger partial charge in [0.15, 0.2) is 11.5 Å². The Hall–Kier alpha value is -3.92. The first kappa shape index (κ1) is 19.4. The molecule has 0 saturated carbocycles. The molecule has 1 aliphatic rings. The molecular weight excluding hydrogens is 380 g/mol. The molecule has 0 radical (unpaired) electrons. The Kier molecular flexibility index (Phi) is 5.07. The summed E-state index contributed by atoms with van der Waals surface area (Å²) in [5, 5.41) is 14.6. The van der Waals surface area contributed by atoms with Crippen LogP contribution in [0.4, 0.5) is 0 Å². The van der Waals surface area contributed by atoms with Gasteiger partial charge in [-0.3, -0.25) is 0 Å². The highest BCUT2D eigenvalue weighted by Crippen LogP contribution is 2.48. The molecule has 0 amide bonds. The molecule has 7 nitrogen and oxygen atoms in total. The molecule has 2 aromatic carbocycles. The second kappa shape index (κ2) is 7.84. The van der Waals surface area contributed by atoms with Crippen LogP contribution in [0.15, 0.2) is 60.0 Å². The summed E-state index contributed by atoms with van der Waals surface area (Å²) in [4.78, 5) is 0. The summed E-state index contributed by atoms with van der Waals surface area (Å²) in [7, 11) is 3.15. The van der Waals surface area contributed by atoms with Crippen LogP contribution in [-0.4, -0.2) is 24.0 Å². The molecule has 0 aliphatic carbocycles. The number of hydrogen-bond acceptors (Lipinski definition) is 6. The number of aryl methyl sites for hydroxylation is 1. The third-order valence-electron chi connectivity index (χ3n) is 5.21. The SMILES string of the molecule is COc1cccc([C@@H]2C(C#N)=C(N)Oc3c2c(C)nn3Cc2ccccc2)c1OC. The van der Waals surface area contributed by atoms with Crippen LogP contribution in [0.5, 0.6) is 17.4 Å². The lowest BCUT2D eigenvalue weighted by Gasteiger charge is -2.26. The monoisotopic (exact) mass is 402 g/mol. The maximum Gasteiger partial charge on any atom is 0.224 e. The molecule has 30 heavy (non-hydrogen) atoms. The van der Waals surface area contributed by atoms with Crippen molar-refractivity contribution in [3.63, 3.8) is 0 Å². The number of ether oxygens (including phenoxy) is 3. The fourth-order valence-corrected chi connectivity index (χ4v) is 3.89.